The zero-order chi connectivity index (χ0) is 15.2. The first-order valence-electron chi connectivity index (χ1n) is 7.37. The fraction of sp³-hybridized carbons (Fsp3) is 0.500. The number of hydrogen-bond acceptors (Lipinski definition) is 3. The highest BCUT2D eigenvalue weighted by molar-refractivity contribution is 5.95. The molecule has 3 N–H and O–H groups in total. The van der Waals surface area contributed by atoms with Crippen molar-refractivity contribution in [2.24, 2.45) is 11.8 Å². The molecule has 1 saturated carbocycles. The number of benzene rings is 1. The molecule has 21 heavy (non-hydrogen) atoms. The summed E-state index contributed by atoms with van der Waals surface area (Å²) in [6, 6.07) is 6.81. The molecule has 5 heteroatoms. The maximum absolute atomic E-state index is 12.1. The second kappa shape index (κ2) is 7.22. The Balaban J connectivity index is 1.87. The SMILES string of the molecule is CC(=O)Nc1ccc(C(=O)NCC2CCCC2CO)cc1. The Morgan fingerprint density at radius 3 is 2.48 bits per heavy atom. The summed E-state index contributed by atoms with van der Waals surface area (Å²) in [5.41, 5.74) is 1.25. The highest BCUT2D eigenvalue weighted by Crippen LogP contribution is 2.30. The van der Waals surface area contributed by atoms with E-state index in [0.717, 1.165) is 19.3 Å². The van der Waals surface area contributed by atoms with E-state index < -0.39 is 0 Å². The van der Waals surface area contributed by atoms with Crippen molar-refractivity contribution in [3.8, 4) is 0 Å². The van der Waals surface area contributed by atoms with Crippen molar-refractivity contribution < 1.29 is 14.7 Å². The third-order valence-corrected chi connectivity index (χ3v) is 4.04. The minimum absolute atomic E-state index is 0.118. The first-order valence-corrected chi connectivity index (χ1v) is 7.37. The lowest BCUT2D eigenvalue weighted by molar-refractivity contribution is -0.114. The van der Waals surface area contributed by atoms with E-state index in [1.54, 1.807) is 24.3 Å². The van der Waals surface area contributed by atoms with Crippen LogP contribution < -0.4 is 10.6 Å². The quantitative estimate of drug-likeness (QED) is 0.773. The van der Waals surface area contributed by atoms with Gasteiger partial charge in [-0.05, 0) is 48.9 Å². The lowest BCUT2D eigenvalue weighted by atomic mass is 9.97. The molecule has 0 heterocycles. The molecule has 0 aliphatic heterocycles. The summed E-state index contributed by atoms with van der Waals surface area (Å²) in [7, 11) is 0. The molecule has 2 rings (SSSR count). The number of nitrogens with one attached hydrogen (secondary N) is 2. The monoisotopic (exact) mass is 290 g/mol. The number of aliphatic hydroxyl groups is 1. The Morgan fingerprint density at radius 2 is 1.86 bits per heavy atom. The maximum Gasteiger partial charge on any atom is 0.251 e. The van der Waals surface area contributed by atoms with Crippen molar-refractivity contribution in [2.75, 3.05) is 18.5 Å². The lowest BCUT2D eigenvalue weighted by Gasteiger charge is -2.17. The van der Waals surface area contributed by atoms with Crippen LogP contribution in [0.2, 0.25) is 0 Å². The molecule has 0 saturated heterocycles. The minimum atomic E-state index is -0.136. The first-order chi connectivity index (χ1) is 10.1. The number of amides is 2. The Bertz CT molecular complexity index is 499. The molecule has 114 valence electrons. The Labute approximate surface area is 124 Å². The van der Waals surface area contributed by atoms with E-state index in [9.17, 15) is 14.7 Å². The average Bonchev–Trinajstić information content (AvgIpc) is 2.92. The van der Waals surface area contributed by atoms with Gasteiger partial charge in [-0.1, -0.05) is 6.42 Å². The van der Waals surface area contributed by atoms with Crippen LogP contribution in [0.5, 0.6) is 0 Å². The van der Waals surface area contributed by atoms with Gasteiger partial charge in [0.15, 0.2) is 0 Å². The van der Waals surface area contributed by atoms with Crippen LogP contribution in [0.4, 0.5) is 5.69 Å². The van der Waals surface area contributed by atoms with E-state index in [4.69, 9.17) is 0 Å². The zero-order valence-electron chi connectivity index (χ0n) is 12.3. The molecule has 0 radical (unpaired) electrons. The van der Waals surface area contributed by atoms with Crippen LogP contribution in [-0.4, -0.2) is 30.1 Å². The van der Waals surface area contributed by atoms with Crippen LogP contribution in [-0.2, 0) is 4.79 Å². The number of rotatable bonds is 5. The van der Waals surface area contributed by atoms with E-state index in [2.05, 4.69) is 10.6 Å². The molecule has 1 aliphatic carbocycles. The van der Waals surface area contributed by atoms with Gasteiger partial charge in [-0.2, -0.15) is 0 Å². The molecule has 1 aromatic rings. The molecule has 1 aliphatic rings. The molecule has 2 atom stereocenters. The molecule has 0 bridgehead atoms. The van der Waals surface area contributed by atoms with Gasteiger partial charge in [-0.25, -0.2) is 0 Å². The van der Waals surface area contributed by atoms with Crippen LogP contribution in [0.3, 0.4) is 0 Å². The molecule has 2 amide bonds. The molecular weight excluding hydrogens is 268 g/mol. The molecule has 1 fully saturated rings. The average molecular weight is 290 g/mol. The standard InChI is InChI=1S/C16H22N2O3/c1-11(20)18-15-7-5-12(6-8-15)16(21)17-9-13-3-2-4-14(13)10-19/h5-8,13-14,19H,2-4,9-10H2,1H3,(H,17,21)(H,18,20). The maximum atomic E-state index is 12.1. The van der Waals surface area contributed by atoms with Gasteiger partial charge in [0.2, 0.25) is 5.91 Å². The summed E-state index contributed by atoms with van der Waals surface area (Å²) in [5.74, 6) is 0.432. The third-order valence-electron chi connectivity index (χ3n) is 4.04. The number of hydrogen-bond donors (Lipinski definition) is 3. The fourth-order valence-electron chi connectivity index (χ4n) is 2.86. The van der Waals surface area contributed by atoms with Gasteiger partial charge >= 0.3 is 0 Å². The molecule has 0 spiro atoms. The molecule has 2 unspecified atom stereocenters. The summed E-state index contributed by atoms with van der Waals surface area (Å²) in [6.45, 7) is 2.25. The summed E-state index contributed by atoms with van der Waals surface area (Å²) in [6.07, 6.45) is 3.23. The number of aliphatic hydroxyl groups excluding tert-OH is 1. The molecular formula is C16H22N2O3. The second-order valence-corrected chi connectivity index (χ2v) is 5.60. The number of anilines is 1. The van der Waals surface area contributed by atoms with Gasteiger partial charge < -0.3 is 15.7 Å². The van der Waals surface area contributed by atoms with Crippen LogP contribution in [0, 0.1) is 11.8 Å². The second-order valence-electron chi connectivity index (χ2n) is 5.60. The third kappa shape index (κ3) is 4.29. The van der Waals surface area contributed by atoms with Crippen molar-refractivity contribution >= 4 is 17.5 Å². The van der Waals surface area contributed by atoms with Crippen molar-refractivity contribution in [3.05, 3.63) is 29.8 Å². The van der Waals surface area contributed by atoms with E-state index in [-0.39, 0.29) is 18.4 Å². The van der Waals surface area contributed by atoms with Crippen LogP contribution in [0.15, 0.2) is 24.3 Å². The van der Waals surface area contributed by atoms with Crippen molar-refractivity contribution in [3.63, 3.8) is 0 Å². The van der Waals surface area contributed by atoms with E-state index >= 15 is 0 Å². The first kappa shape index (κ1) is 15.5. The smallest absolute Gasteiger partial charge is 0.251 e. The summed E-state index contributed by atoms with van der Waals surface area (Å²) >= 11 is 0. The Kier molecular flexibility index (Phi) is 5.33. The minimum Gasteiger partial charge on any atom is -0.396 e. The predicted octanol–water partition coefficient (Wildman–Crippen LogP) is 1.78. The summed E-state index contributed by atoms with van der Waals surface area (Å²) < 4.78 is 0. The van der Waals surface area contributed by atoms with Crippen LogP contribution >= 0.6 is 0 Å². The Hall–Kier alpha value is -1.88. The van der Waals surface area contributed by atoms with Crippen LogP contribution in [0.1, 0.15) is 36.5 Å². The van der Waals surface area contributed by atoms with Gasteiger partial charge in [0.25, 0.3) is 5.91 Å². The van der Waals surface area contributed by atoms with Gasteiger partial charge in [0.05, 0.1) is 0 Å². The summed E-state index contributed by atoms with van der Waals surface area (Å²) in [4.78, 5) is 23.0. The van der Waals surface area contributed by atoms with E-state index in [0.29, 0.717) is 29.6 Å². The molecule has 5 nitrogen and oxygen atoms in total. The Morgan fingerprint density at radius 1 is 1.19 bits per heavy atom. The van der Waals surface area contributed by atoms with Crippen molar-refractivity contribution in [2.45, 2.75) is 26.2 Å². The largest absolute Gasteiger partial charge is 0.396 e. The van der Waals surface area contributed by atoms with Gasteiger partial charge in [-0.15, -0.1) is 0 Å². The van der Waals surface area contributed by atoms with Crippen molar-refractivity contribution in [1.82, 2.24) is 5.32 Å². The van der Waals surface area contributed by atoms with Crippen molar-refractivity contribution in [1.29, 1.82) is 0 Å². The van der Waals surface area contributed by atoms with Crippen LogP contribution in [0.25, 0.3) is 0 Å². The number of carbonyl (C=O) groups is 2. The predicted molar refractivity (Wildman–Crippen MR) is 81.0 cm³/mol. The summed E-state index contributed by atoms with van der Waals surface area (Å²) in [5, 5.41) is 14.9. The molecule has 1 aromatic carbocycles. The fourth-order valence-corrected chi connectivity index (χ4v) is 2.86. The lowest BCUT2D eigenvalue weighted by Crippen LogP contribution is -2.31. The van der Waals surface area contributed by atoms with Gasteiger partial charge in [0.1, 0.15) is 0 Å². The van der Waals surface area contributed by atoms with E-state index in [1.807, 2.05) is 0 Å². The highest BCUT2D eigenvalue weighted by atomic mass is 16.3. The van der Waals surface area contributed by atoms with E-state index in [1.165, 1.54) is 6.92 Å². The zero-order valence-corrected chi connectivity index (χ0v) is 12.3. The normalized spacial score (nSPS) is 21.0. The highest BCUT2D eigenvalue weighted by Gasteiger charge is 2.26. The topological polar surface area (TPSA) is 78.4 Å². The number of carbonyl (C=O) groups excluding carboxylic acids is 2. The van der Waals surface area contributed by atoms with Gasteiger partial charge in [0, 0.05) is 31.3 Å². The van der Waals surface area contributed by atoms with Gasteiger partial charge in [-0.3, -0.25) is 9.59 Å². The molecule has 0 aromatic heterocycles.